The van der Waals surface area contributed by atoms with Gasteiger partial charge in [0.25, 0.3) is 11.8 Å². The Kier molecular flexibility index (Phi) is 30.7. The number of carbonyl (C=O) groups is 3. The molecule has 6 aromatic carbocycles. The van der Waals surface area contributed by atoms with Crippen LogP contribution >= 0.6 is 0 Å². The SMILES string of the molecule is CCCCCCCCCCCCOc1cc(COc2ccc3cc(-c4ccc(/C=C/c5ccc(-c6ccc(C=C7C(=O)NC(=O)NC7=O)cc6)cc5)cc4)ccc3c2)cc(OCCCCCCCCCCCC)c1OCCCCCCCCCCCC. The zero-order chi connectivity index (χ0) is 60.9. The molecule has 0 bridgehead atoms. The van der Waals surface area contributed by atoms with Crippen LogP contribution in [0.3, 0.4) is 0 Å². The molecule has 9 heteroatoms. The first-order valence-electron chi connectivity index (χ1n) is 33.9. The monoisotopic (exact) mass is 1180 g/mol. The van der Waals surface area contributed by atoms with Crippen molar-refractivity contribution < 1.29 is 33.3 Å². The van der Waals surface area contributed by atoms with E-state index in [-0.39, 0.29) is 5.57 Å². The van der Waals surface area contributed by atoms with Gasteiger partial charge < -0.3 is 18.9 Å². The number of urea groups is 1. The van der Waals surface area contributed by atoms with Gasteiger partial charge in [-0.15, -0.1) is 0 Å². The van der Waals surface area contributed by atoms with Crippen molar-refractivity contribution in [1.29, 1.82) is 0 Å². The van der Waals surface area contributed by atoms with Crippen LogP contribution in [0.25, 0.3) is 51.3 Å². The van der Waals surface area contributed by atoms with E-state index in [1.807, 2.05) is 24.3 Å². The lowest BCUT2D eigenvalue weighted by atomic mass is 9.99. The summed E-state index contributed by atoms with van der Waals surface area (Å²) in [6, 6.07) is 40.9. The third-order valence-electron chi connectivity index (χ3n) is 16.7. The van der Waals surface area contributed by atoms with E-state index in [1.165, 1.54) is 179 Å². The molecule has 7 rings (SSSR count). The molecule has 1 aliphatic heterocycles. The molecule has 0 atom stereocenters. The zero-order valence-corrected chi connectivity index (χ0v) is 53.2. The number of unbranched alkanes of at least 4 members (excludes halogenated alkanes) is 27. The molecule has 466 valence electrons. The predicted octanol–water partition coefficient (Wildman–Crippen LogP) is 21.6. The van der Waals surface area contributed by atoms with E-state index in [2.05, 4.69) is 141 Å². The highest BCUT2D eigenvalue weighted by Gasteiger charge is 2.27. The highest BCUT2D eigenvalue weighted by Crippen LogP contribution is 2.40. The van der Waals surface area contributed by atoms with Gasteiger partial charge in [0.2, 0.25) is 5.75 Å². The molecule has 0 aromatic heterocycles. The standard InChI is InChI=1S/C78H102N2O7/c1-4-7-10-13-16-19-22-25-28-31-52-84-73-56-64(57-74(85-53-32-29-26-23-20-17-14-11-8-5-2)75(73)86-54-33-30-27-24-21-18-15-12-9-6-3)60-87-71-51-50-69-58-68(48-49-70(69)59-71)67-44-38-62(39-45-67)35-34-61-36-42-65(43-37-61)66-46-40-63(41-47-66)55-72-76(81)79-78(83)80-77(72)82/h34-51,55-59H,4-33,52-54,60H2,1-3H3,(H2,79,80,81,82,83)/b35-34+. The highest BCUT2D eigenvalue weighted by molar-refractivity contribution is 6.31. The van der Waals surface area contributed by atoms with Crippen LogP contribution in [-0.4, -0.2) is 37.7 Å². The molecular formula is C78H102N2O7. The first kappa shape index (κ1) is 67.4. The summed E-state index contributed by atoms with van der Waals surface area (Å²) in [7, 11) is 0. The molecule has 2 N–H and O–H groups in total. The molecule has 4 amide bonds. The minimum Gasteiger partial charge on any atom is -0.490 e. The fourth-order valence-electron chi connectivity index (χ4n) is 11.3. The smallest absolute Gasteiger partial charge is 0.328 e. The number of hydrogen-bond acceptors (Lipinski definition) is 7. The summed E-state index contributed by atoms with van der Waals surface area (Å²) in [5.41, 5.74) is 8.09. The third kappa shape index (κ3) is 24.5. The van der Waals surface area contributed by atoms with Crippen molar-refractivity contribution in [3.05, 3.63) is 149 Å². The molecule has 1 aliphatic rings. The molecular weight excluding hydrogens is 1080 g/mol. The summed E-state index contributed by atoms with van der Waals surface area (Å²) in [6.45, 7) is 9.20. The topological polar surface area (TPSA) is 112 Å². The number of carbonyl (C=O) groups excluding carboxylic acids is 3. The van der Waals surface area contributed by atoms with Gasteiger partial charge in [-0.25, -0.2) is 4.79 Å². The van der Waals surface area contributed by atoms with Gasteiger partial charge in [0.15, 0.2) is 11.5 Å². The van der Waals surface area contributed by atoms with Crippen molar-refractivity contribution in [1.82, 2.24) is 10.6 Å². The van der Waals surface area contributed by atoms with E-state index in [1.54, 1.807) is 0 Å². The van der Waals surface area contributed by atoms with Crippen LogP contribution in [0.2, 0.25) is 0 Å². The molecule has 0 spiro atoms. The number of ether oxygens (including phenoxy) is 4. The highest BCUT2D eigenvalue weighted by atomic mass is 16.5. The third-order valence-corrected chi connectivity index (χ3v) is 16.7. The number of fused-ring (bicyclic) bond motifs is 1. The van der Waals surface area contributed by atoms with Crippen molar-refractivity contribution in [2.75, 3.05) is 19.8 Å². The average Bonchev–Trinajstić information content (AvgIpc) is 2.46. The fourth-order valence-corrected chi connectivity index (χ4v) is 11.3. The number of barbiturate groups is 1. The summed E-state index contributed by atoms with van der Waals surface area (Å²) in [6.07, 6.45) is 44.2. The number of imide groups is 2. The van der Waals surface area contributed by atoms with E-state index >= 15 is 0 Å². The minimum atomic E-state index is -0.814. The second-order valence-corrected chi connectivity index (χ2v) is 24.0. The van der Waals surface area contributed by atoms with Crippen LogP contribution in [0.1, 0.15) is 236 Å². The second-order valence-electron chi connectivity index (χ2n) is 24.0. The lowest BCUT2D eigenvalue weighted by Gasteiger charge is -2.19. The largest absolute Gasteiger partial charge is 0.490 e. The minimum absolute atomic E-state index is 0.111. The summed E-state index contributed by atoms with van der Waals surface area (Å²) in [5, 5.41) is 6.47. The Balaban J connectivity index is 0.958. The van der Waals surface area contributed by atoms with Gasteiger partial charge in [-0.2, -0.15) is 0 Å². The predicted molar refractivity (Wildman–Crippen MR) is 363 cm³/mol. The van der Waals surface area contributed by atoms with Crippen molar-refractivity contribution in [2.45, 2.75) is 220 Å². The molecule has 0 unspecified atom stereocenters. The van der Waals surface area contributed by atoms with E-state index in [9.17, 15) is 14.4 Å². The van der Waals surface area contributed by atoms with Crippen molar-refractivity contribution in [3.8, 4) is 45.3 Å². The molecule has 0 aliphatic carbocycles. The van der Waals surface area contributed by atoms with Crippen LogP contribution in [-0.2, 0) is 16.2 Å². The van der Waals surface area contributed by atoms with Gasteiger partial charge in [-0.05, 0) is 111 Å². The summed E-state index contributed by atoms with van der Waals surface area (Å²) in [5.74, 6) is 1.67. The Morgan fingerprint density at radius 2 is 0.701 bits per heavy atom. The number of rotatable bonds is 44. The Morgan fingerprint density at radius 3 is 1.14 bits per heavy atom. The Labute approximate surface area is 522 Å². The molecule has 1 fully saturated rings. The maximum absolute atomic E-state index is 12.1. The fraction of sp³-hybridized carbons (Fsp3) is 0.474. The Hall–Kier alpha value is -7.13. The Morgan fingerprint density at radius 1 is 0.345 bits per heavy atom. The van der Waals surface area contributed by atoms with Crippen LogP contribution in [0.15, 0.2) is 127 Å². The molecule has 9 nitrogen and oxygen atoms in total. The van der Waals surface area contributed by atoms with Crippen molar-refractivity contribution in [3.63, 3.8) is 0 Å². The second kappa shape index (κ2) is 39.6. The molecule has 0 saturated carbocycles. The average molecular weight is 1180 g/mol. The maximum Gasteiger partial charge on any atom is 0.328 e. The summed E-state index contributed by atoms with van der Waals surface area (Å²) < 4.78 is 26.7. The molecule has 1 heterocycles. The van der Waals surface area contributed by atoms with E-state index < -0.39 is 17.8 Å². The summed E-state index contributed by atoms with van der Waals surface area (Å²) in [4.78, 5) is 35.7. The number of nitrogens with one attached hydrogen (secondary N) is 2. The molecule has 87 heavy (non-hydrogen) atoms. The van der Waals surface area contributed by atoms with E-state index in [4.69, 9.17) is 18.9 Å². The number of amides is 4. The van der Waals surface area contributed by atoms with Crippen LogP contribution < -0.4 is 29.6 Å². The van der Waals surface area contributed by atoms with Crippen LogP contribution in [0.5, 0.6) is 23.0 Å². The molecule has 1 saturated heterocycles. The van der Waals surface area contributed by atoms with Gasteiger partial charge in [0.05, 0.1) is 19.8 Å². The first-order valence-corrected chi connectivity index (χ1v) is 33.9. The number of hydrogen-bond donors (Lipinski definition) is 2. The number of benzene rings is 6. The van der Waals surface area contributed by atoms with Crippen LogP contribution in [0, 0.1) is 0 Å². The maximum atomic E-state index is 12.1. The Bertz CT molecular complexity index is 2960. The van der Waals surface area contributed by atoms with E-state index in [0.717, 1.165) is 92.0 Å². The zero-order valence-electron chi connectivity index (χ0n) is 53.2. The van der Waals surface area contributed by atoms with Gasteiger partial charge in [0, 0.05) is 0 Å². The van der Waals surface area contributed by atoms with Gasteiger partial charge in [-0.3, -0.25) is 20.2 Å². The lowest BCUT2D eigenvalue weighted by molar-refractivity contribution is -0.123. The van der Waals surface area contributed by atoms with Gasteiger partial charge in [0.1, 0.15) is 17.9 Å². The molecule has 0 radical (unpaired) electrons. The van der Waals surface area contributed by atoms with E-state index in [0.29, 0.717) is 32.0 Å². The normalized spacial score (nSPS) is 12.4. The van der Waals surface area contributed by atoms with Gasteiger partial charge >= 0.3 is 6.03 Å². The molecule has 6 aromatic rings. The van der Waals surface area contributed by atoms with Gasteiger partial charge in [-0.1, -0.05) is 297 Å². The lowest BCUT2D eigenvalue weighted by Crippen LogP contribution is -2.51. The quantitative estimate of drug-likeness (QED) is 0.0170. The summed E-state index contributed by atoms with van der Waals surface area (Å²) >= 11 is 0. The van der Waals surface area contributed by atoms with Crippen molar-refractivity contribution in [2.24, 2.45) is 0 Å². The van der Waals surface area contributed by atoms with Crippen molar-refractivity contribution >= 4 is 46.8 Å². The first-order chi connectivity index (χ1) is 42.8. The van der Waals surface area contributed by atoms with Crippen LogP contribution in [0.4, 0.5) is 4.79 Å².